The van der Waals surface area contributed by atoms with Gasteiger partial charge in [0.25, 0.3) is 5.91 Å². The number of hydrogen-bond donors (Lipinski definition) is 1. The van der Waals surface area contributed by atoms with Gasteiger partial charge in [-0.05, 0) is 35.9 Å². The minimum absolute atomic E-state index is 0.328. The molecule has 0 saturated heterocycles. The number of aromatic nitrogens is 1. The van der Waals surface area contributed by atoms with Crippen LogP contribution in [0.2, 0.25) is 0 Å². The molecule has 3 aromatic rings. The number of nitrogens with one attached hydrogen (secondary N) is 1. The molecule has 27 heavy (non-hydrogen) atoms. The van der Waals surface area contributed by atoms with E-state index >= 15 is 0 Å². The summed E-state index contributed by atoms with van der Waals surface area (Å²) in [5, 5.41) is 3.40. The van der Waals surface area contributed by atoms with E-state index in [9.17, 15) is 9.59 Å². The largest absolute Gasteiger partial charge is 0.497 e. The summed E-state index contributed by atoms with van der Waals surface area (Å²) >= 11 is 1.48. The molecule has 1 amide bonds. The van der Waals surface area contributed by atoms with E-state index in [1.54, 1.807) is 13.2 Å². The highest BCUT2D eigenvalue weighted by Crippen LogP contribution is 2.22. The van der Waals surface area contributed by atoms with Crippen molar-refractivity contribution in [1.82, 2.24) is 10.3 Å². The summed E-state index contributed by atoms with van der Waals surface area (Å²) in [7, 11) is 1.58. The van der Waals surface area contributed by atoms with Crippen molar-refractivity contribution in [3.8, 4) is 5.75 Å². The zero-order chi connectivity index (χ0) is 19.1. The molecule has 1 heterocycles. The molecule has 0 saturated carbocycles. The molecule has 0 atom stereocenters. The lowest BCUT2D eigenvalue weighted by Gasteiger charge is -2.07. The summed E-state index contributed by atoms with van der Waals surface area (Å²) in [6, 6.07) is 15.1. The van der Waals surface area contributed by atoms with E-state index in [1.807, 2.05) is 48.5 Å². The van der Waals surface area contributed by atoms with E-state index in [2.05, 4.69) is 10.3 Å². The Morgan fingerprint density at radius 3 is 2.85 bits per heavy atom. The zero-order valence-corrected chi connectivity index (χ0v) is 15.5. The number of para-hydroxylation sites is 1. The number of rotatable bonds is 7. The topological polar surface area (TPSA) is 77.5 Å². The van der Waals surface area contributed by atoms with Crippen LogP contribution in [0.5, 0.6) is 5.75 Å². The molecule has 0 aliphatic carbocycles. The number of thiazole rings is 1. The maximum atomic E-state index is 11.8. The highest BCUT2D eigenvalue weighted by atomic mass is 32.1. The second-order valence-electron chi connectivity index (χ2n) is 5.59. The van der Waals surface area contributed by atoms with Crippen molar-refractivity contribution in [2.24, 2.45) is 0 Å². The highest BCUT2D eigenvalue weighted by Gasteiger charge is 2.06. The number of nitrogens with zero attached hydrogens (tertiary/aromatic N) is 1. The number of carbonyl (C=O) groups is 2. The summed E-state index contributed by atoms with van der Waals surface area (Å²) in [6.45, 7) is -0.0118. The number of hydrogen-bond acceptors (Lipinski definition) is 6. The summed E-state index contributed by atoms with van der Waals surface area (Å²) < 4.78 is 11.1. The Bertz CT molecular complexity index is 948. The number of benzene rings is 2. The number of ether oxygens (including phenoxy) is 2. The van der Waals surface area contributed by atoms with E-state index in [0.717, 1.165) is 15.8 Å². The molecular weight excluding hydrogens is 364 g/mol. The van der Waals surface area contributed by atoms with Crippen LogP contribution in [0.25, 0.3) is 16.3 Å². The van der Waals surface area contributed by atoms with Gasteiger partial charge < -0.3 is 14.8 Å². The van der Waals surface area contributed by atoms with Crippen LogP contribution in [-0.4, -0.2) is 30.6 Å². The van der Waals surface area contributed by atoms with Gasteiger partial charge in [0.15, 0.2) is 6.61 Å². The maximum absolute atomic E-state index is 11.8. The lowest BCUT2D eigenvalue weighted by atomic mass is 10.2. The maximum Gasteiger partial charge on any atom is 0.331 e. The number of amides is 1. The summed E-state index contributed by atoms with van der Waals surface area (Å²) in [6.07, 6.45) is 2.86. The SMILES string of the molecule is COc1cccc(CNC(=O)COC(=O)/C=C/c2nc3ccccc3s2)c1. The lowest BCUT2D eigenvalue weighted by molar-refractivity contribution is -0.143. The highest BCUT2D eigenvalue weighted by molar-refractivity contribution is 7.19. The van der Waals surface area contributed by atoms with Gasteiger partial charge in [-0.1, -0.05) is 24.3 Å². The van der Waals surface area contributed by atoms with Crippen molar-refractivity contribution in [2.75, 3.05) is 13.7 Å². The van der Waals surface area contributed by atoms with Crippen molar-refractivity contribution < 1.29 is 19.1 Å². The molecule has 138 valence electrons. The van der Waals surface area contributed by atoms with E-state index in [4.69, 9.17) is 9.47 Å². The fourth-order valence-electron chi connectivity index (χ4n) is 2.32. The Labute approximate surface area is 160 Å². The second-order valence-corrected chi connectivity index (χ2v) is 6.65. The molecule has 0 spiro atoms. The quantitative estimate of drug-likeness (QED) is 0.502. The Kier molecular flexibility index (Phi) is 6.17. The lowest BCUT2D eigenvalue weighted by Crippen LogP contribution is -2.28. The molecule has 3 rings (SSSR count). The van der Waals surface area contributed by atoms with Crippen LogP contribution in [0.3, 0.4) is 0 Å². The molecule has 0 aliphatic rings. The Morgan fingerprint density at radius 1 is 1.19 bits per heavy atom. The van der Waals surface area contributed by atoms with Crippen molar-refractivity contribution in [3.05, 3.63) is 65.2 Å². The molecule has 6 nitrogen and oxygen atoms in total. The van der Waals surface area contributed by atoms with Gasteiger partial charge in [-0.15, -0.1) is 11.3 Å². The van der Waals surface area contributed by atoms with Gasteiger partial charge in [-0.2, -0.15) is 0 Å². The number of carbonyl (C=O) groups excluding carboxylic acids is 2. The Balaban J connectivity index is 1.44. The average molecular weight is 382 g/mol. The first-order chi connectivity index (χ1) is 13.1. The Morgan fingerprint density at radius 2 is 2.04 bits per heavy atom. The van der Waals surface area contributed by atoms with Crippen molar-refractivity contribution in [1.29, 1.82) is 0 Å². The monoisotopic (exact) mass is 382 g/mol. The summed E-state index contributed by atoms with van der Waals surface area (Å²) in [5.74, 6) is -0.251. The fourth-order valence-corrected chi connectivity index (χ4v) is 3.19. The first-order valence-electron chi connectivity index (χ1n) is 8.24. The van der Waals surface area contributed by atoms with E-state index in [0.29, 0.717) is 17.3 Å². The van der Waals surface area contributed by atoms with Crippen molar-refractivity contribution >= 4 is 39.5 Å². The molecule has 7 heteroatoms. The predicted octanol–water partition coefficient (Wildman–Crippen LogP) is 3.18. The zero-order valence-electron chi connectivity index (χ0n) is 14.7. The van der Waals surface area contributed by atoms with E-state index < -0.39 is 5.97 Å². The van der Waals surface area contributed by atoms with Gasteiger partial charge in [0.05, 0.1) is 17.3 Å². The predicted molar refractivity (Wildman–Crippen MR) is 104 cm³/mol. The molecule has 1 aromatic heterocycles. The number of fused-ring (bicyclic) bond motifs is 1. The van der Waals surface area contributed by atoms with E-state index in [-0.39, 0.29) is 12.5 Å². The molecule has 0 fully saturated rings. The van der Waals surface area contributed by atoms with Crippen LogP contribution >= 0.6 is 11.3 Å². The second kappa shape index (κ2) is 8.95. The average Bonchev–Trinajstić information content (AvgIpc) is 3.12. The minimum Gasteiger partial charge on any atom is -0.497 e. The van der Waals surface area contributed by atoms with Crippen LogP contribution in [0.15, 0.2) is 54.6 Å². The van der Waals surface area contributed by atoms with Crippen molar-refractivity contribution in [3.63, 3.8) is 0 Å². The third-order valence-corrected chi connectivity index (χ3v) is 4.64. The molecular formula is C20H18N2O4S. The van der Waals surface area contributed by atoms with Gasteiger partial charge >= 0.3 is 5.97 Å². The van der Waals surface area contributed by atoms with Gasteiger partial charge in [-0.25, -0.2) is 9.78 Å². The summed E-state index contributed by atoms with van der Waals surface area (Å²) in [4.78, 5) is 28.0. The van der Waals surface area contributed by atoms with Gasteiger partial charge in [0.1, 0.15) is 10.8 Å². The molecule has 0 bridgehead atoms. The molecule has 2 aromatic carbocycles. The normalized spacial score (nSPS) is 10.9. The smallest absolute Gasteiger partial charge is 0.331 e. The minimum atomic E-state index is -0.592. The fraction of sp³-hybridized carbons (Fsp3) is 0.150. The van der Waals surface area contributed by atoms with E-state index in [1.165, 1.54) is 17.4 Å². The van der Waals surface area contributed by atoms with Crippen LogP contribution in [0.4, 0.5) is 0 Å². The van der Waals surface area contributed by atoms with Crippen molar-refractivity contribution in [2.45, 2.75) is 6.54 Å². The Hall–Kier alpha value is -3.19. The number of methoxy groups -OCH3 is 1. The van der Waals surface area contributed by atoms with Gasteiger partial charge in [0.2, 0.25) is 0 Å². The van der Waals surface area contributed by atoms with Crippen LogP contribution in [-0.2, 0) is 20.9 Å². The van der Waals surface area contributed by atoms with Crippen LogP contribution in [0, 0.1) is 0 Å². The standard InChI is InChI=1S/C20H18N2O4S/c1-25-15-6-4-5-14(11-15)12-21-18(23)13-26-20(24)10-9-19-22-16-7-2-3-8-17(16)27-19/h2-11H,12-13H2,1H3,(H,21,23)/b10-9+. The van der Waals surface area contributed by atoms with Crippen LogP contribution in [0.1, 0.15) is 10.6 Å². The first kappa shape index (κ1) is 18.6. The third kappa shape index (κ3) is 5.39. The van der Waals surface area contributed by atoms with Gasteiger partial charge in [0, 0.05) is 12.6 Å². The summed E-state index contributed by atoms with van der Waals surface area (Å²) in [5.41, 5.74) is 1.78. The van der Waals surface area contributed by atoms with Gasteiger partial charge in [-0.3, -0.25) is 4.79 Å². The first-order valence-corrected chi connectivity index (χ1v) is 9.06. The molecule has 0 radical (unpaired) electrons. The number of esters is 1. The molecule has 0 aliphatic heterocycles. The molecule has 1 N–H and O–H groups in total. The third-order valence-electron chi connectivity index (χ3n) is 3.64. The van der Waals surface area contributed by atoms with Crippen LogP contribution < -0.4 is 10.1 Å². The molecule has 0 unspecified atom stereocenters.